The molecule has 0 fully saturated rings. The lowest BCUT2D eigenvalue weighted by molar-refractivity contribution is -0.147. The molecule has 0 unspecified atom stereocenters. The molecule has 1 rings (SSSR count). The Morgan fingerprint density at radius 1 is 0.557 bits per heavy atom. The van der Waals surface area contributed by atoms with Gasteiger partial charge in [0.05, 0.1) is 31.4 Å². The van der Waals surface area contributed by atoms with Crippen LogP contribution in [0.2, 0.25) is 0 Å². The highest BCUT2D eigenvalue weighted by Crippen LogP contribution is 2.13. The summed E-state index contributed by atoms with van der Waals surface area (Å²) in [5, 5.41) is 79.1. The number of hydrogen-bond donors (Lipinski definition) is 14. The number of carbonyl (C=O) groups excluding carboxylic acids is 6. The van der Waals surface area contributed by atoms with Crippen LogP contribution in [0.5, 0.6) is 5.75 Å². The Labute approximate surface area is 346 Å². The van der Waals surface area contributed by atoms with Crippen molar-refractivity contribution in [2.45, 2.75) is 114 Å². The smallest absolute Gasteiger partial charge is 0.326 e. The Balaban J connectivity index is 3.52. The lowest BCUT2D eigenvalue weighted by Gasteiger charge is -2.28. The average molecular weight is 870 g/mol. The van der Waals surface area contributed by atoms with Crippen molar-refractivity contribution in [3.8, 4) is 5.75 Å². The Morgan fingerprint density at radius 3 is 1.41 bits per heavy atom. The van der Waals surface area contributed by atoms with Crippen molar-refractivity contribution in [1.82, 2.24) is 31.9 Å². The van der Waals surface area contributed by atoms with Gasteiger partial charge in [-0.3, -0.25) is 47.9 Å². The first-order valence-electron chi connectivity index (χ1n) is 18.5. The summed E-state index contributed by atoms with van der Waals surface area (Å²) in [6.45, 7) is 4.48. The summed E-state index contributed by atoms with van der Waals surface area (Å²) >= 11 is 0. The van der Waals surface area contributed by atoms with E-state index in [-0.39, 0.29) is 17.2 Å². The maximum Gasteiger partial charge on any atom is 0.326 e. The summed E-state index contributed by atoms with van der Waals surface area (Å²) in [5.41, 5.74) is 6.11. The number of carbonyl (C=O) groups is 11. The second-order valence-corrected chi connectivity index (χ2v) is 13.9. The van der Waals surface area contributed by atoms with Crippen LogP contribution in [0.4, 0.5) is 0 Å². The van der Waals surface area contributed by atoms with Gasteiger partial charge in [-0.2, -0.15) is 0 Å². The van der Waals surface area contributed by atoms with Crippen LogP contribution in [-0.4, -0.2) is 149 Å². The first kappa shape index (κ1) is 52.1. The highest BCUT2D eigenvalue weighted by atomic mass is 16.4. The number of amides is 6. The molecule has 61 heavy (non-hydrogen) atoms. The van der Waals surface area contributed by atoms with E-state index in [1.54, 1.807) is 13.8 Å². The number of phenolic OH excluding ortho intramolecular Hbond substituents is 1. The maximum atomic E-state index is 13.7. The van der Waals surface area contributed by atoms with Gasteiger partial charge in [0.15, 0.2) is 0 Å². The van der Waals surface area contributed by atoms with Gasteiger partial charge in [-0.25, -0.2) is 4.79 Å². The zero-order chi connectivity index (χ0) is 46.7. The minimum atomic E-state index is -2.13. The van der Waals surface area contributed by atoms with E-state index in [4.69, 9.17) is 10.8 Å². The zero-order valence-electron chi connectivity index (χ0n) is 33.2. The fourth-order valence-corrected chi connectivity index (χ4v) is 5.27. The van der Waals surface area contributed by atoms with Gasteiger partial charge in [0.25, 0.3) is 0 Å². The highest BCUT2D eigenvalue weighted by Gasteiger charge is 2.36. The first-order valence-corrected chi connectivity index (χ1v) is 18.5. The summed E-state index contributed by atoms with van der Waals surface area (Å²) in [7, 11) is 0. The van der Waals surface area contributed by atoms with Crippen molar-refractivity contribution in [2.75, 3.05) is 0 Å². The number of nitrogens with two attached hydrogens (primary N) is 1. The first-order chi connectivity index (χ1) is 28.4. The molecule has 9 atom stereocenters. The number of aliphatic hydroxyl groups excluding tert-OH is 1. The fraction of sp³-hybridized carbons (Fsp3) is 0.528. The fourth-order valence-electron chi connectivity index (χ4n) is 5.27. The molecule has 25 heteroatoms. The average Bonchev–Trinajstić information content (AvgIpc) is 3.16. The molecular weight excluding hydrogens is 818 g/mol. The monoisotopic (exact) mass is 869 g/mol. The molecule has 1 aromatic rings. The second kappa shape index (κ2) is 24.9. The topological polar surface area (TPSA) is 428 Å². The van der Waals surface area contributed by atoms with Gasteiger partial charge in [-0.05, 0) is 37.0 Å². The third-order valence-electron chi connectivity index (χ3n) is 8.93. The zero-order valence-corrected chi connectivity index (χ0v) is 33.2. The van der Waals surface area contributed by atoms with Gasteiger partial charge >= 0.3 is 29.8 Å². The number of hydrogen-bond acceptors (Lipinski definition) is 14. The molecule has 15 N–H and O–H groups in total. The molecule has 338 valence electrons. The van der Waals surface area contributed by atoms with E-state index in [1.807, 2.05) is 16.0 Å². The molecule has 0 radical (unpaired) electrons. The number of benzene rings is 1. The number of nitrogens with one attached hydrogen (secondary N) is 6. The van der Waals surface area contributed by atoms with Crippen molar-refractivity contribution >= 4 is 65.3 Å². The van der Waals surface area contributed by atoms with Gasteiger partial charge < -0.3 is 73.4 Å². The van der Waals surface area contributed by atoms with Gasteiger partial charge in [-0.15, -0.1) is 0 Å². The number of aliphatic carboxylic acids is 5. The predicted octanol–water partition coefficient (Wildman–Crippen LogP) is -4.03. The van der Waals surface area contributed by atoms with Crippen molar-refractivity contribution in [3.63, 3.8) is 0 Å². The molecule has 0 saturated carbocycles. The lowest BCUT2D eigenvalue weighted by atomic mass is 9.98. The van der Waals surface area contributed by atoms with Crippen LogP contribution < -0.4 is 37.6 Å². The minimum absolute atomic E-state index is 0.213. The van der Waals surface area contributed by atoms with Gasteiger partial charge in [0.1, 0.15) is 42.0 Å². The standard InChI is InChI=1S/C36H51N7O18/c1-4-15(2)28(37)34(58)43-29(16(3)44)35(59)41-22(13-26(50)51)33(57)40-21(12-25(48)49)32(56)39-20(11-17-5-7-18(45)8-6-17)31(55)38-19(9-10-24(46)47)30(54)42-23(36(60)61)14-27(52)53/h5-8,15-16,19-23,28-29,44-45H,4,9-14,37H2,1-3H3,(H,38,55)(H,39,56)(H,40,57)(H,41,59)(H,42,54)(H,43,58)(H,46,47)(H,48,49)(H,50,51)(H,52,53)(H,60,61)/t15-,16+,19-,20-,21-,22-,23-,28-,29-/m0/s1. The number of phenols is 1. The van der Waals surface area contributed by atoms with E-state index in [9.17, 15) is 83.4 Å². The van der Waals surface area contributed by atoms with Crippen LogP contribution in [-0.2, 0) is 59.2 Å². The molecular formula is C36H51N7O18. The second-order valence-electron chi connectivity index (χ2n) is 13.9. The highest BCUT2D eigenvalue weighted by molar-refractivity contribution is 5.99. The van der Waals surface area contributed by atoms with Gasteiger partial charge in [0.2, 0.25) is 35.4 Å². The number of aliphatic hydroxyl groups is 1. The Bertz CT molecular complexity index is 1790. The minimum Gasteiger partial charge on any atom is -0.508 e. The normalized spacial score (nSPS) is 15.3. The molecule has 0 spiro atoms. The molecule has 0 heterocycles. The van der Waals surface area contributed by atoms with Gasteiger partial charge in [0, 0.05) is 12.8 Å². The van der Waals surface area contributed by atoms with E-state index < -0.39 is 152 Å². The van der Waals surface area contributed by atoms with Gasteiger partial charge in [-0.1, -0.05) is 32.4 Å². The van der Waals surface area contributed by atoms with E-state index in [0.717, 1.165) is 6.92 Å². The van der Waals surface area contributed by atoms with E-state index in [2.05, 4.69) is 16.0 Å². The maximum absolute atomic E-state index is 13.7. The Kier molecular flexibility index (Phi) is 21.3. The van der Waals surface area contributed by atoms with E-state index in [0.29, 0.717) is 6.42 Å². The molecule has 25 nitrogen and oxygen atoms in total. The molecule has 0 aliphatic heterocycles. The third kappa shape index (κ3) is 18.7. The van der Waals surface area contributed by atoms with E-state index in [1.165, 1.54) is 24.3 Å². The molecule has 0 aromatic heterocycles. The molecule has 0 aliphatic carbocycles. The summed E-state index contributed by atoms with van der Waals surface area (Å²) in [6.07, 6.45) is -6.65. The summed E-state index contributed by atoms with van der Waals surface area (Å²) < 4.78 is 0. The Hall–Kier alpha value is -6.89. The number of carboxylic acid groups (broad SMARTS) is 5. The quantitative estimate of drug-likeness (QED) is 0.0400. The van der Waals surface area contributed by atoms with Crippen LogP contribution in [0.1, 0.15) is 64.9 Å². The molecule has 1 aromatic carbocycles. The van der Waals surface area contributed by atoms with Crippen LogP contribution in [0.15, 0.2) is 24.3 Å². The molecule has 0 saturated heterocycles. The van der Waals surface area contributed by atoms with Crippen molar-refractivity contribution < 1.29 is 88.5 Å². The Morgan fingerprint density at radius 2 is 0.967 bits per heavy atom. The summed E-state index contributed by atoms with van der Waals surface area (Å²) in [6, 6.07) is -7.90. The summed E-state index contributed by atoms with van der Waals surface area (Å²) in [5.74, 6) is -16.5. The summed E-state index contributed by atoms with van der Waals surface area (Å²) in [4.78, 5) is 137. The SMILES string of the molecule is CC[C@H](C)[C@H](N)C(=O)N[C@H](C(=O)N[C@@H](CC(=O)O)C(=O)N[C@@H](CC(=O)O)C(=O)N[C@@H](Cc1ccc(O)cc1)C(=O)N[C@@H](CCC(=O)O)C(=O)N[C@@H](CC(=O)O)C(=O)O)[C@@H](C)O. The third-order valence-corrected chi connectivity index (χ3v) is 8.93. The van der Waals surface area contributed by atoms with Crippen LogP contribution >= 0.6 is 0 Å². The molecule has 0 bridgehead atoms. The number of aromatic hydroxyl groups is 1. The molecule has 6 amide bonds. The van der Waals surface area contributed by atoms with Crippen molar-refractivity contribution in [2.24, 2.45) is 11.7 Å². The van der Waals surface area contributed by atoms with E-state index >= 15 is 0 Å². The van der Waals surface area contributed by atoms with Crippen LogP contribution in [0, 0.1) is 5.92 Å². The predicted molar refractivity (Wildman–Crippen MR) is 204 cm³/mol. The largest absolute Gasteiger partial charge is 0.508 e. The number of rotatable bonds is 27. The van der Waals surface area contributed by atoms with Crippen molar-refractivity contribution in [3.05, 3.63) is 29.8 Å². The van der Waals surface area contributed by atoms with Crippen molar-refractivity contribution in [1.29, 1.82) is 0 Å². The van der Waals surface area contributed by atoms with Crippen LogP contribution in [0.25, 0.3) is 0 Å². The molecule has 0 aliphatic rings. The van der Waals surface area contributed by atoms with Crippen LogP contribution in [0.3, 0.4) is 0 Å². The number of carboxylic acids is 5. The lowest BCUT2D eigenvalue weighted by Crippen LogP contribution is -2.61.